The molecular formula is C26H27ClFNO6S2. The molecule has 0 saturated carbocycles. The molecule has 0 N–H and O–H groups in total. The monoisotopic (exact) mass is 568 g/mol. The van der Waals surface area contributed by atoms with E-state index in [4.69, 9.17) is 12.1 Å². The minimum atomic E-state index is -3.67. The molecule has 0 aliphatic heterocycles. The zero-order valence-electron chi connectivity index (χ0n) is 21.1. The summed E-state index contributed by atoms with van der Waals surface area (Å²) in [6, 6.07) is 15.8. The first-order chi connectivity index (χ1) is 17.9. The molecule has 7 nitrogen and oxygen atoms in total. The van der Waals surface area contributed by atoms with Gasteiger partial charge in [-0.2, -0.15) is 0 Å². The van der Waals surface area contributed by atoms with E-state index in [1.807, 2.05) is 32.1 Å². The molecule has 2 aromatic carbocycles. The lowest BCUT2D eigenvalue weighted by atomic mass is 10.2. The van der Waals surface area contributed by atoms with E-state index >= 15 is 0 Å². The number of hydrogen-bond donors (Lipinski definition) is 0. The number of aldehydes is 2. The molecule has 3 aromatic rings. The van der Waals surface area contributed by atoms with Crippen LogP contribution in [-0.2, 0) is 23.9 Å². The van der Waals surface area contributed by atoms with Crippen LogP contribution in [0.25, 0.3) is 0 Å². The highest BCUT2D eigenvalue weighted by Gasteiger charge is 2.18. The third kappa shape index (κ3) is 9.91. The van der Waals surface area contributed by atoms with Crippen molar-refractivity contribution in [1.82, 2.24) is 3.97 Å². The van der Waals surface area contributed by atoms with Gasteiger partial charge in [0.05, 0.1) is 24.0 Å². The van der Waals surface area contributed by atoms with Gasteiger partial charge in [-0.3, -0.25) is 14.0 Å². The Morgan fingerprint density at radius 3 is 1.78 bits per heavy atom. The van der Waals surface area contributed by atoms with Gasteiger partial charge in [-0.25, -0.2) is 20.8 Å². The summed E-state index contributed by atoms with van der Waals surface area (Å²) in [4.78, 5) is 20.9. The maximum absolute atomic E-state index is 12.2. The van der Waals surface area contributed by atoms with E-state index < -0.39 is 26.2 Å². The van der Waals surface area contributed by atoms with Gasteiger partial charge in [-0.1, -0.05) is 53.6 Å². The molecule has 0 spiro atoms. The summed E-state index contributed by atoms with van der Waals surface area (Å²) in [5.41, 5.74) is 2.98. The summed E-state index contributed by atoms with van der Waals surface area (Å²) in [5, 5.41) is 0. The van der Waals surface area contributed by atoms with Crippen molar-refractivity contribution in [2.24, 2.45) is 0 Å². The lowest BCUT2D eigenvalue weighted by Gasteiger charge is -2.07. The molecule has 0 amide bonds. The van der Waals surface area contributed by atoms with Crippen molar-refractivity contribution in [3.63, 3.8) is 0 Å². The standard InChI is InChI=1S/C12H11NO3S.C7H7ClO2S.C6H6O.CH3F/c1-10-4-6-12(7-5-10)17(15,16)13-8-2-3-11(13)9-14;1-6-2-4-7(5-3-6)11(8,9)10;7-5-6-3-1-2-4-6;1-2/h2-9H,1H3;2-5H,1H3;1-3,5H,4H2;1H3/i;;;1D. The highest BCUT2D eigenvalue weighted by Crippen LogP contribution is 2.16. The van der Waals surface area contributed by atoms with Gasteiger partial charge in [0.25, 0.3) is 19.1 Å². The Kier molecular flexibility index (Phi) is 12.1. The van der Waals surface area contributed by atoms with Gasteiger partial charge in [0.2, 0.25) is 0 Å². The fourth-order valence-corrected chi connectivity index (χ4v) is 4.85. The largest absolute Gasteiger partial charge is 0.298 e. The molecule has 0 radical (unpaired) electrons. The van der Waals surface area contributed by atoms with Crippen molar-refractivity contribution in [2.45, 2.75) is 30.1 Å². The van der Waals surface area contributed by atoms with Crippen LogP contribution in [-0.4, -0.2) is 40.5 Å². The van der Waals surface area contributed by atoms with Gasteiger partial charge in [0, 0.05) is 16.9 Å². The van der Waals surface area contributed by atoms with Gasteiger partial charge in [0.15, 0.2) is 6.29 Å². The first kappa shape index (κ1) is 29.9. The number of hydrogen-bond acceptors (Lipinski definition) is 6. The smallest absolute Gasteiger partial charge is 0.268 e. The van der Waals surface area contributed by atoms with Gasteiger partial charge in [-0.15, -0.1) is 0 Å². The summed E-state index contributed by atoms with van der Waals surface area (Å²) in [6.07, 6.45) is 9.27. The zero-order valence-corrected chi connectivity index (χ0v) is 22.5. The molecule has 37 heavy (non-hydrogen) atoms. The third-order valence-corrected chi connectivity index (χ3v) is 7.78. The maximum Gasteiger partial charge on any atom is 0.268 e. The number of halogens is 2. The van der Waals surface area contributed by atoms with Crippen LogP contribution in [0.3, 0.4) is 0 Å². The molecule has 11 heteroatoms. The Morgan fingerprint density at radius 2 is 1.41 bits per heavy atom. The summed E-state index contributed by atoms with van der Waals surface area (Å²) >= 11 is 0. The summed E-state index contributed by atoms with van der Waals surface area (Å²) in [6.45, 7) is 3.76. The van der Waals surface area contributed by atoms with Crippen LogP contribution in [0.4, 0.5) is 4.39 Å². The van der Waals surface area contributed by atoms with E-state index in [1.165, 1.54) is 42.6 Å². The Balaban J connectivity index is 0.000000294. The third-order valence-electron chi connectivity index (χ3n) is 4.70. The Morgan fingerprint density at radius 1 is 0.892 bits per heavy atom. The zero-order chi connectivity index (χ0) is 28.8. The Labute approximate surface area is 222 Å². The second-order valence-corrected chi connectivity index (χ2v) is 11.8. The number of carbonyl (C=O) groups excluding carboxylic acids is 2. The van der Waals surface area contributed by atoms with E-state index in [9.17, 15) is 30.8 Å². The van der Waals surface area contributed by atoms with Crippen molar-refractivity contribution in [2.75, 3.05) is 7.15 Å². The first-order valence-corrected chi connectivity index (χ1v) is 14.3. The van der Waals surface area contributed by atoms with Crippen molar-refractivity contribution in [1.29, 1.82) is 0 Å². The molecule has 0 atom stereocenters. The molecule has 1 aliphatic rings. The molecule has 0 saturated heterocycles. The van der Waals surface area contributed by atoms with Crippen molar-refractivity contribution < 1.29 is 32.2 Å². The Hall–Kier alpha value is -3.34. The van der Waals surface area contributed by atoms with Gasteiger partial charge >= 0.3 is 0 Å². The number of rotatable bonds is 5. The van der Waals surface area contributed by atoms with Crippen LogP contribution < -0.4 is 0 Å². The highest BCUT2D eigenvalue weighted by atomic mass is 35.7. The van der Waals surface area contributed by atoms with Crippen LogP contribution in [0.5, 0.6) is 0 Å². The number of aromatic nitrogens is 1. The van der Waals surface area contributed by atoms with E-state index in [0.717, 1.165) is 33.4 Å². The van der Waals surface area contributed by atoms with E-state index in [-0.39, 0.29) is 15.5 Å². The summed E-state index contributed by atoms with van der Waals surface area (Å²) in [5.74, 6) is 0. The number of aryl methyl sites for hydroxylation is 2. The summed E-state index contributed by atoms with van der Waals surface area (Å²) in [7, 11) is -3.13. The number of nitrogens with zero attached hydrogens (tertiary/aromatic N) is 1. The second-order valence-electron chi connectivity index (χ2n) is 7.41. The van der Waals surface area contributed by atoms with Crippen molar-refractivity contribution in [3.8, 4) is 0 Å². The highest BCUT2D eigenvalue weighted by molar-refractivity contribution is 8.13. The van der Waals surface area contributed by atoms with Crippen molar-refractivity contribution >= 4 is 42.3 Å². The quantitative estimate of drug-likeness (QED) is 0.300. The number of allylic oxidation sites excluding steroid dienone is 4. The molecular weight excluding hydrogens is 541 g/mol. The fraction of sp³-hybridized carbons (Fsp3) is 0.154. The SMILES string of the molecule is Cc1ccc(S(=O)(=O)Cl)cc1.Cc1ccc(S(=O)(=O)n2cccc2C=O)cc1.O=CC1=CC=CC1.[2H]CF. The van der Waals surface area contributed by atoms with Crippen LogP contribution in [0.15, 0.2) is 100 Å². The molecule has 1 aromatic heterocycles. The molecule has 0 bridgehead atoms. The van der Waals surface area contributed by atoms with E-state index in [1.54, 1.807) is 24.3 Å². The predicted molar refractivity (Wildman–Crippen MR) is 143 cm³/mol. The van der Waals surface area contributed by atoms with E-state index in [0.29, 0.717) is 6.29 Å². The maximum atomic E-state index is 12.2. The molecule has 4 rings (SSSR count). The van der Waals surface area contributed by atoms with Gasteiger partial charge in [0.1, 0.15) is 6.29 Å². The molecule has 1 heterocycles. The van der Waals surface area contributed by atoms with Crippen LogP contribution in [0.1, 0.15) is 29.4 Å². The molecule has 198 valence electrons. The molecule has 0 fully saturated rings. The van der Waals surface area contributed by atoms with Gasteiger partial charge < -0.3 is 0 Å². The average Bonchev–Trinajstić information content (AvgIpc) is 3.58. The number of carbonyl (C=O) groups is 2. The number of alkyl halides is 1. The number of benzene rings is 2. The Bertz CT molecular complexity index is 1460. The summed E-state index contributed by atoms with van der Waals surface area (Å²) < 4.78 is 62.3. The van der Waals surface area contributed by atoms with Crippen molar-refractivity contribution in [3.05, 3.63) is 107 Å². The second kappa shape index (κ2) is 15.0. The lowest BCUT2D eigenvalue weighted by Crippen LogP contribution is -2.14. The van der Waals surface area contributed by atoms with Gasteiger partial charge in [-0.05, 0) is 62.2 Å². The normalized spacial score (nSPS) is 12.3. The lowest BCUT2D eigenvalue weighted by molar-refractivity contribution is -0.104. The molecule has 0 unspecified atom stereocenters. The van der Waals surface area contributed by atoms with Crippen LogP contribution in [0.2, 0.25) is 0 Å². The topological polar surface area (TPSA) is 107 Å². The average molecular weight is 569 g/mol. The minimum Gasteiger partial charge on any atom is -0.298 e. The van der Waals surface area contributed by atoms with Crippen LogP contribution >= 0.6 is 10.7 Å². The minimum absolute atomic E-state index is 0.116. The predicted octanol–water partition coefficient (Wildman–Crippen LogP) is 5.43. The van der Waals surface area contributed by atoms with Crippen LogP contribution in [0, 0.1) is 13.8 Å². The van der Waals surface area contributed by atoms with E-state index in [2.05, 4.69) is 0 Å². The molecule has 1 aliphatic carbocycles. The fourth-order valence-electron chi connectivity index (χ4n) is 2.77. The first-order valence-electron chi connectivity index (χ1n) is 11.2.